The molecule has 1 fully saturated rings. The van der Waals surface area contributed by atoms with Crippen LogP contribution in [0.3, 0.4) is 0 Å². The first kappa shape index (κ1) is 14.1. The van der Waals surface area contributed by atoms with Crippen molar-refractivity contribution in [1.29, 1.82) is 0 Å². The number of hydrogen-bond acceptors (Lipinski definition) is 2. The van der Waals surface area contributed by atoms with Crippen molar-refractivity contribution in [1.82, 2.24) is 0 Å². The van der Waals surface area contributed by atoms with Crippen LogP contribution in [0.5, 0.6) is 0 Å². The van der Waals surface area contributed by atoms with E-state index in [0.717, 1.165) is 50.3 Å². The summed E-state index contributed by atoms with van der Waals surface area (Å²) in [6.45, 7) is 0.294. The van der Waals surface area contributed by atoms with Gasteiger partial charge >= 0.3 is 0 Å². The minimum atomic E-state index is -0.531. The second-order valence-electron chi connectivity index (χ2n) is 5.38. The van der Waals surface area contributed by atoms with Gasteiger partial charge in [-0.3, -0.25) is 4.79 Å². The molecule has 1 saturated carbocycles. The molecule has 0 atom stereocenters. The maximum absolute atomic E-state index is 13.6. The monoisotopic (exact) mass is 267 g/mol. The van der Waals surface area contributed by atoms with Crippen molar-refractivity contribution >= 4 is 5.78 Å². The fourth-order valence-electron chi connectivity index (χ4n) is 2.86. The highest BCUT2D eigenvalue weighted by atomic mass is 19.1. The third kappa shape index (κ3) is 3.00. The Balaban J connectivity index is 2.17. The summed E-state index contributed by atoms with van der Waals surface area (Å²) in [5.74, 6) is -1.11. The normalized spacial score (nSPS) is 18.3. The van der Waals surface area contributed by atoms with Crippen molar-refractivity contribution in [3.05, 3.63) is 35.4 Å². The van der Waals surface area contributed by atoms with Gasteiger partial charge in [-0.25, -0.2) is 8.78 Å². The van der Waals surface area contributed by atoms with Crippen molar-refractivity contribution in [2.45, 2.75) is 38.5 Å². The van der Waals surface area contributed by atoms with E-state index in [9.17, 15) is 13.6 Å². The smallest absolute Gasteiger partial charge is 0.144 e. The van der Waals surface area contributed by atoms with Crippen molar-refractivity contribution in [2.75, 3.05) is 6.54 Å². The van der Waals surface area contributed by atoms with E-state index < -0.39 is 17.0 Å². The first-order valence-corrected chi connectivity index (χ1v) is 6.75. The molecule has 19 heavy (non-hydrogen) atoms. The van der Waals surface area contributed by atoms with E-state index >= 15 is 0 Å². The van der Waals surface area contributed by atoms with E-state index in [1.54, 1.807) is 0 Å². The first-order valence-electron chi connectivity index (χ1n) is 6.75. The number of carbonyl (C=O) groups excluding carboxylic acids is 1. The van der Waals surface area contributed by atoms with Gasteiger partial charge < -0.3 is 5.73 Å². The van der Waals surface area contributed by atoms with Crippen LogP contribution in [-0.4, -0.2) is 12.3 Å². The number of rotatable bonds is 4. The highest BCUT2D eigenvalue weighted by Gasteiger charge is 2.37. The highest BCUT2D eigenvalue weighted by Crippen LogP contribution is 2.37. The SMILES string of the molecule is NCC1(C(=O)Cc2cc(F)ccc2F)CCCCC1. The first-order chi connectivity index (χ1) is 9.07. The summed E-state index contributed by atoms with van der Waals surface area (Å²) >= 11 is 0. The van der Waals surface area contributed by atoms with Gasteiger partial charge in [-0.05, 0) is 36.6 Å². The lowest BCUT2D eigenvalue weighted by Crippen LogP contribution is -2.41. The molecular weight excluding hydrogens is 248 g/mol. The van der Waals surface area contributed by atoms with Crippen molar-refractivity contribution in [2.24, 2.45) is 11.1 Å². The summed E-state index contributed by atoms with van der Waals surface area (Å²) < 4.78 is 26.7. The average molecular weight is 267 g/mol. The van der Waals surface area contributed by atoms with Gasteiger partial charge in [-0.2, -0.15) is 0 Å². The van der Waals surface area contributed by atoms with Gasteiger partial charge in [0, 0.05) is 18.4 Å². The topological polar surface area (TPSA) is 43.1 Å². The molecule has 1 aromatic carbocycles. The lowest BCUT2D eigenvalue weighted by molar-refractivity contribution is -0.129. The van der Waals surface area contributed by atoms with Crippen molar-refractivity contribution in [3.63, 3.8) is 0 Å². The molecule has 0 aromatic heterocycles. The van der Waals surface area contributed by atoms with Crippen LogP contribution in [0.4, 0.5) is 8.78 Å². The molecule has 0 radical (unpaired) electrons. The minimum Gasteiger partial charge on any atom is -0.329 e. The lowest BCUT2D eigenvalue weighted by Gasteiger charge is -2.34. The zero-order valence-electron chi connectivity index (χ0n) is 10.9. The van der Waals surface area contributed by atoms with Gasteiger partial charge in [0.05, 0.1) is 0 Å². The van der Waals surface area contributed by atoms with Crippen LogP contribution in [-0.2, 0) is 11.2 Å². The summed E-state index contributed by atoms with van der Waals surface area (Å²) in [4.78, 5) is 12.4. The van der Waals surface area contributed by atoms with Gasteiger partial charge in [0.25, 0.3) is 0 Å². The van der Waals surface area contributed by atoms with E-state index in [4.69, 9.17) is 5.73 Å². The number of carbonyl (C=O) groups is 1. The zero-order chi connectivity index (χ0) is 13.9. The molecule has 0 saturated heterocycles. The Morgan fingerprint density at radius 2 is 1.89 bits per heavy atom. The molecule has 0 unspecified atom stereocenters. The molecule has 2 nitrogen and oxygen atoms in total. The maximum atomic E-state index is 13.6. The van der Waals surface area contributed by atoms with Crippen LogP contribution >= 0.6 is 0 Å². The minimum absolute atomic E-state index is 0.0563. The molecule has 0 amide bonds. The molecule has 2 N–H and O–H groups in total. The van der Waals surface area contributed by atoms with Gasteiger partial charge in [-0.1, -0.05) is 19.3 Å². The van der Waals surface area contributed by atoms with Gasteiger partial charge in [-0.15, -0.1) is 0 Å². The molecule has 0 spiro atoms. The van der Waals surface area contributed by atoms with Crippen molar-refractivity contribution < 1.29 is 13.6 Å². The van der Waals surface area contributed by atoms with Gasteiger partial charge in [0.15, 0.2) is 0 Å². The summed E-state index contributed by atoms with van der Waals surface area (Å²) in [5.41, 5.74) is 5.37. The van der Waals surface area contributed by atoms with Crippen LogP contribution in [0.1, 0.15) is 37.7 Å². The number of ketones is 1. The Kier molecular flexibility index (Phi) is 4.30. The van der Waals surface area contributed by atoms with Crippen LogP contribution in [0.25, 0.3) is 0 Å². The molecule has 1 aromatic rings. The van der Waals surface area contributed by atoms with E-state index in [-0.39, 0.29) is 17.8 Å². The molecule has 1 aliphatic rings. The molecular formula is C15H19F2NO. The van der Waals surface area contributed by atoms with Crippen LogP contribution < -0.4 is 5.73 Å². The Labute approximate surface area is 112 Å². The Bertz CT molecular complexity index is 467. The molecule has 104 valence electrons. The lowest BCUT2D eigenvalue weighted by atomic mass is 9.70. The number of halogens is 2. The second-order valence-corrected chi connectivity index (χ2v) is 5.38. The Morgan fingerprint density at radius 3 is 2.53 bits per heavy atom. The van der Waals surface area contributed by atoms with E-state index in [2.05, 4.69) is 0 Å². The van der Waals surface area contributed by atoms with E-state index in [1.807, 2.05) is 0 Å². The summed E-state index contributed by atoms with van der Waals surface area (Å²) in [5, 5.41) is 0. The zero-order valence-corrected chi connectivity index (χ0v) is 10.9. The van der Waals surface area contributed by atoms with Gasteiger partial charge in [0.2, 0.25) is 0 Å². The molecule has 0 aliphatic heterocycles. The van der Waals surface area contributed by atoms with E-state index in [1.165, 1.54) is 0 Å². The van der Waals surface area contributed by atoms with Crippen LogP contribution in [0.15, 0.2) is 18.2 Å². The average Bonchev–Trinajstić information content (AvgIpc) is 2.43. The van der Waals surface area contributed by atoms with Gasteiger partial charge in [0.1, 0.15) is 17.4 Å². The number of nitrogens with two attached hydrogens (primary N) is 1. The second kappa shape index (κ2) is 5.78. The summed E-state index contributed by atoms with van der Waals surface area (Å²) in [6, 6.07) is 3.22. The molecule has 0 bridgehead atoms. The summed E-state index contributed by atoms with van der Waals surface area (Å²) in [7, 11) is 0. The summed E-state index contributed by atoms with van der Waals surface area (Å²) in [6.07, 6.45) is 4.53. The molecule has 0 heterocycles. The molecule has 1 aliphatic carbocycles. The highest BCUT2D eigenvalue weighted by molar-refractivity contribution is 5.87. The van der Waals surface area contributed by atoms with Crippen molar-refractivity contribution in [3.8, 4) is 0 Å². The quantitative estimate of drug-likeness (QED) is 0.911. The number of Topliss-reactive ketones (excluding diaryl/α,β-unsaturated/α-hetero) is 1. The predicted octanol–water partition coefficient (Wildman–Crippen LogP) is 2.99. The third-order valence-electron chi connectivity index (χ3n) is 4.15. The third-order valence-corrected chi connectivity index (χ3v) is 4.15. The standard InChI is InChI=1S/C15H19F2NO/c16-12-4-5-13(17)11(8-12)9-14(19)15(10-18)6-2-1-3-7-15/h4-5,8H,1-3,6-7,9-10,18H2. The predicted molar refractivity (Wildman–Crippen MR) is 69.6 cm³/mol. The number of hydrogen-bond donors (Lipinski definition) is 1. The molecule has 2 rings (SSSR count). The fourth-order valence-corrected chi connectivity index (χ4v) is 2.86. The fraction of sp³-hybridized carbons (Fsp3) is 0.533. The largest absolute Gasteiger partial charge is 0.329 e. The van der Waals surface area contributed by atoms with Crippen LogP contribution in [0, 0.1) is 17.0 Å². The Morgan fingerprint density at radius 1 is 1.21 bits per heavy atom. The Hall–Kier alpha value is -1.29. The van der Waals surface area contributed by atoms with Crippen LogP contribution in [0.2, 0.25) is 0 Å². The molecule has 4 heteroatoms. The number of benzene rings is 1. The maximum Gasteiger partial charge on any atom is 0.144 e. The van der Waals surface area contributed by atoms with E-state index in [0.29, 0.717) is 6.54 Å².